The highest BCUT2D eigenvalue weighted by molar-refractivity contribution is 7.98. The summed E-state index contributed by atoms with van der Waals surface area (Å²) in [5.41, 5.74) is -0.275. The van der Waals surface area contributed by atoms with Crippen molar-refractivity contribution in [3.05, 3.63) is 62.8 Å². The quantitative estimate of drug-likeness (QED) is 0.217. The lowest BCUT2D eigenvalue weighted by Gasteiger charge is -2.05. The number of benzene rings is 1. The number of hydrogen-bond donors (Lipinski definition) is 0. The molecule has 0 bridgehead atoms. The molecule has 13 heteroatoms. The van der Waals surface area contributed by atoms with Gasteiger partial charge in [0.25, 0.3) is 6.43 Å². The van der Waals surface area contributed by atoms with E-state index in [9.17, 15) is 18.9 Å². The van der Waals surface area contributed by atoms with Crippen LogP contribution < -0.4 is 4.74 Å². The largest absolute Gasteiger partial charge is 0.479 e. The van der Waals surface area contributed by atoms with E-state index in [2.05, 4.69) is 15.3 Å². The number of alkyl halides is 2. The van der Waals surface area contributed by atoms with E-state index in [-0.39, 0.29) is 34.0 Å². The zero-order valence-corrected chi connectivity index (χ0v) is 16.2. The van der Waals surface area contributed by atoms with E-state index in [0.29, 0.717) is 5.76 Å². The third-order valence-corrected chi connectivity index (χ3v) is 4.34. The van der Waals surface area contributed by atoms with Gasteiger partial charge in [-0.05, 0) is 30.5 Å². The summed E-state index contributed by atoms with van der Waals surface area (Å²) in [4.78, 5) is 10.5. The molecule has 0 spiro atoms. The van der Waals surface area contributed by atoms with Crippen molar-refractivity contribution in [3.8, 4) is 5.75 Å². The summed E-state index contributed by atoms with van der Waals surface area (Å²) in [5.74, 6) is 0.0475. The molecule has 2 heterocycles. The van der Waals surface area contributed by atoms with Crippen LogP contribution >= 0.6 is 23.4 Å². The molecule has 0 N–H and O–H groups in total. The van der Waals surface area contributed by atoms with Crippen molar-refractivity contribution in [1.29, 1.82) is 0 Å². The SMILES string of the molecule is CSc1nnc(C(F)F)n1/N=C/c1ccc(COc2ccc(Cl)cc2[N+](=O)[O-])o1. The Morgan fingerprint density at radius 2 is 2.21 bits per heavy atom. The minimum Gasteiger partial charge on any atom is -0.479 e. The van der Waals surface area contributed by atoms with Gasteiger partial charge < -0.3 is 9.15 Å². The standard InChI is InChI=1S/C16H12ClF2N5O4S/c1-29-16-22-21-15(14(18)19)23(16)20-7-10-3-4-11(28-10)8-27-13-5-2-9(17)6-12(13)24(25)26/h2-7,14H,8H2,1H3/b20-7+. The molecule has 0 unspecified atom stereocenters. The Balaban J connectivity index is 1.72. The fraction of sp³-hybridized carbons (Fsp3) is 0.188. The van der Waals surface area contributed by atoms with Crippen LogP contribution in [0.2, 0.25) is 5.02 Å². The fourth-order valence-electron chi connectivity index (χ4n) is 2.21. The Hall–Kier alpha value is -2.99. The summed E-state index contributed by atoms with van der Waals surface area (Å²) in [6.07, 6.45) is 0.0449. The van der Waals surface area contributed by atoms with Crippen molar-refractivity contribution in [3.63, 3.8) is 0 Å². The molecule has 1 aromatic carbocycles. The van der Waals surface area contributed by atoms with E-state index in [1.54, 1.807) is 18.4 Å². The van der Waals surface area contributed by atoms with E-state index >= 15 is 0 Å². The number of ether oxygens (including phenoxy) is 1. The molecule has 3 aromatic rings. The third-order valence-electron chi connectivity index (χ3n) is 3.48. The van der Waals surface area contributed by atoms with Crippen molar-refractivity contribution in [2.24, 2.45) is 5.10 Å². The third kappa shape index (κ3) is 4.90. The first-order valence-corrected chi connectivity index (χ1v) is 9.46. The molecule has 0 aliphatic carbocycles. The molecule has 0 aliphatic heterocycles. The van der Waals surface area contributed by atoms with E-state index in [1.807, 2.05) is 0 Å². The van der Waals surface area contributed by atoms with Crippen molar-refractivity contribution in [1.82, 2.24) is 14.9 Å². The number of hydrogen-bond acceptors (Lipinski definition) is 8. The van der Waals surface area contributed by atoms with Crippen LogP contribution in [0.4, 0.5) is 14.5 Å². The predicted octanol–water partition coefficient (Wildman–Crippen LogP) is 4.55. The zero-order valence-electron chi connectivity index (χ0n) is 14.7. The molecule has 0 saturated heterocycles. The van der Waals surface area contributed by atoms with Gasteiger partial charge in [-0.25, -0.2) is 8.78 Å². The van der Waals surface area contributed by atoms with Gasteiger partial charge in [0.2, 0.25) is 11.0 Å². The highest BCUT2D eigenvalue weighted by Crippen LogP contribution is 2.30. The van der Waals surface area contributed by atoms with Crippen molar-refractivity contribution in [2.75, 3.05) is 6.26 Å². The Bertz CT molecular complexity index is 1060. The first kappa shape index (κ1) is 20.7. The van der Waals surface area contributed by atoms with Crippen LogP contribution in [0.15, 0.2) is 45.0 Å². The zero-order chi connectivity index (χ0) is 21.0. The highest BCUT2D eigenvalue weighted by Gasteiger charge is 2.20. The van der Waals surface area contributed by atoms with Crippen LogP contribution in [0.1, 0.15) is 23.8 Å². The van der Waals surface area contributed by atoms with Crippen molar-refractivity contribution < 1.29 is 22.9 Å². The predicted molar refractivity (Wildman–Crippen MR) is 101 cm³/mol. The van der Waals surface area contributed by atoms with Crippen LogP contribution in [-0.4, -0.2) is 32.3 Å². The molecule has 9 nitrogen and oxygen atoms in total. The topological polar surface area (TPSA) is 109 Å². The number of furan rings is 1. The smallest absolute Gasteiger partial charge is 0.312 e. The molecule has 0 amide bonds. The number of nitro groups is 1. The molecule has 29 heavy (non-hydrogen) atoms. The average molecular weight is 444 g/mol. The van der Waals surface area contributed by atoms with E-state index < -0.39 is 17.2 Å². The van der Waals surface area contributed by atoms with E-state index in [0.717, 1.165) is 16.4 Å². The lowest BCUT2D eigenvalue weighted by Crippen LogP contribution is -2.00. The first-order chi connectivity index (χ1) is 13.9. The molecule has 0 aliphatic rings. The van der Waals surface area contributed by atoms with Gasteiger partial charge in [0.05, 0.1) is 11.1 Å². The lowest BCUT2D eigenvalue weighted by molar-refractivity contribution is -0.385. The summed E-state index contributed by atoms with van der Waals surface area (Å²) in [6.45, 7) is -0.0959. The van der Waals surface area contributed by atoms with Gasteiger partial charge in [0, 0.05) is 11.1 Å². The molecule has 0 atom stereocenters. The maximum absolute atomic E-state index is 13.0. The number of rotatable bonds is 8. The molecule has 0 saturated carbocycles. The van der Waals surface area contributed by atoms with Crippen LogP contribution in [-0.2, 0) is 6.61 Å². The number of halogens is 3. The van der Waals surface area contributed by atoms with E-state index in [1.165, 1.54) is 24.4 Å². The Morgan fingerprint density at radius 1 is 1.41 bits per heavy atom. The molecular formula is C16H12ClF2N5O4S. The summed E-state index contributed by atoms with van der Waals surface area (Å²) >= 11 is 6.87. The average Bonchev–Trinajstić information content (AvgIpc) is 3.31. The minimum absolute atomic E-state index is 0.0293. The normalized spacial score (nSPS) is 11.5. The van der Waals surface area contributed by atoms with Crippen LogP contribution in [0.3, 0.4) is 0 Å². The van der Waals surface area contributed by atoms with Gasteiger partial charge in [0.15, 0.2) is 5.75 Å². The summed E-state index contributed by atoms with van der Waals surface area (Å²) in [6, 6.07) is 7.14. The number of nitrogens with zero attached hydrogens (tertiary/aromatic N) is 5. The molecule has 3 rings (SSSR count). The summed E-state index contributed by atoms with van der Waals surface area (Å²) < 4.78 is 37.8. The second-order valence-electron chi connectivity index (χ2n) is 5.36. The summed E-state index contributed by atoms with van der Waals surface area (Å²) in [5, 5.41) is 22.5. The number of nitro benzene ring substituents is 1. The fourth-order valence-corrected chi connectivity index (χ4v) is 2.81. The monoisotopic (exact) mass is 443 g/mol. The molecule has 0 radical (unpaired) electrons. The maximum atomic E-state index is 13.0. The van der Waals surface area contributed by atoms with Crippen LogP contribution in [0.25, 0.3) is 0 Å². The van der Waals surface area contributed by atoms with Crippen LogP contribution in [0.5, 0.6) is 5.75 Å². The van der Waals surface area contributed by atoms with Crippen molar-refractivity contribution in [2.45, 2.75) is 18.2 Å². The van der Waals surface area contributed by atoms with E-state index in [4.69, 9.17) is 20.8 Å². The van der Waals surface area contributed by atoms with Gasteiger partial charge in [-0.15, -0.1) is 10.2 Å². The van der Waals surface area contributed by atoms with Gasteiger partial charge in [-0.1, -0.05) is 23.4 Å². The molecule has 2 aromatic heterocycles. The molecular weight excluding hydrogens is 432 g/mol. The molecule has 152 valence electrons. The Morgan fingerprint density at radius 3 is 2.90 bits per heavy atom. The second-order valence-corrected chi connectivity index (χ2v) is 6.57. The van der Waals surface area contributed by atoms with Gasteiger partial charge in [-0.2, -0.15) is 9.78 Å². The Labute approximate surface area is 171 Å². The van der Waals surface area contributed by atoms with Gasteiger partial charge in [0.1, 0.15) is 18.1 Å². The maximum Gasteiger partial charge on any atom is 0.312 e. The van der Waals surface area contributed by atoms with Crippen molar-refractivity contribution >= 4 is 35.3 Å². The Kier molecular flexibility index (Phi) is 6.44. The van der Waals surface area contributed by atoms with Gasteiger partial charge >= 0.3 is 5.69 Å². The number of aromatic nitrogens is 3. The first-order valence-electron chi connectivity index (χ1n) is 7.86. The van der Waals surface area contributed by atoms with Crippen LogP contribution in [0, 0.1) is 10.1 Å². The highest BCUT2D eigenvalue weighted by atomic mass is 35.5. The lowest BCUT2D eigenvalue weighted by atomic mass is 10.3. The molecule has 0 fully saturated rings. The number of thioether (sulfide) groups is 1. The van der Waals surface area contributed by atoms with Gasteiger partial charge in [-0.3, -0.25) is 10.1 Å². The summed E-state index contributed by atoms with van der Waals surface area (Å²) in [7, 11) is 0. The minimum atomic E-state index is -2.84. The second kappa shape index (κ2) is 9.01.